The summed E-state index contributed by atoms with van der Waals surface area (Å²) in [7, 11) is 0. The van der Waals surface area contributed by atoms with Crippen molar-refractivity contribution in [1.82, 2.24) is 9.88 Å². The van der Waals surface area contributed by atoms with Crippen molar-refractivity contribution in [2.24, 2.45) is 0 Å². The van der Waals surface area contributed by atoms with Crippen LogP contribution in [0.25, 0.3) is 0 Å². The number of piperazine rings is 1. The van der Waals surface area contributed by atoms with Crippen molar-refractivity contribution >= 4 is 35.3 Å². The lowest BCUT2D eigenvalue weighted by Gasteiger charge is -2.33. The molecule has 3 amide bonds. The quantitative estimate of drug-likeness (QED) is 0.783. The van der Waals surface area contributed by atoms with Gasteiger partial charge in [-0.15, -0.1) is 0 Å². The van der Waals surface area contributed by atoms with Crippen LogP contribution in [0.5, 0.6) is 0 Å². The van der Waals surface area contributed by atoms with E-state index in [9.17, 15) is 14.4 Å². The van der Waals surface area contributed by atoms with Crippen LogP contribution in [0, 0.1) is 0 Å². The Morgan fingerprint density at radius 1 is 0.963 bits per heavy atom. The number of hydrogen-bond donors (Lipinski definition) is 2. The standard InChI is InChI=1S/C19H21N5O3/c1-14(26)21-15-2-4-16(5-3-15)22-19(27)18-7-6-17(12-20-18)24-10-8-23(13-25)9-11-24/h2-7,12-13H,8-11H2,1H3,(H,21,26)(H,22,27). The molecule has 2 N–H and O–H groups in total. The molecule has 2 heterocycles. The molecular weight excluding hydrogens is 346 g/mol. The van der Waals surface area contributed by atoms with Gasteiger partial charge in [-0.2, -0.15) is 0 Å². The zero-order chi connectivity index (χ0) is 19.2. The van der Waals surface area contributed by atoms with Crippen LogP contribution in [0.1, 0.15) is 17.4 Å². The summed E-state index contributed by atoms with van der Waals surface area (Å²) in [5, 5.41) is 5.45. The van der Waals surface area contributed by atoms with E-state index in [0.717, 1.165) is 25.2 Å². The molecular formula is C19H21N5O3. The Labute approximate surface area is 157 Å². The highest BCUT2D eigenvalue weighted by Crippen LogP contribution is 2.17. The molecule has 1 aromatic heterocycles. The number of hydrogen-bond acceptors (Lipinski definition) is 5. The molecule has 3 rings (SSSR count). The lowest BCUT2D eigenvalue weighted by Crippen LogP contribution is -2.45. The molecule has 1 aliphatic heterocycles. The van der Waals surface area contributed by atoms with Crippen LogP contribution in [0.2, 0.25) is 0 Å². The van der Waals surface area contributed by atoms with Gasteiger partial charge in [0.2, 0.25) is 12.3 Å². The first-order valence-corrected chi connectivity index (χ1v) is 8.64. The zero-order valence-electron chi connectivity index (χ0n) is 15.0. The minimum atomic E-state index is -0.306. The van der Waals surface area contributed by atoms with Crippen molar-refractivity contribution in [2.45, 2.75) is 6.92 Å². The fourth-order valence-corrected chi connectivity index (χ4v) is 2.83. The van der Waals surface area contributed by atoms with E-state index < -0.39 is 0 Å². The first-order valence-electron chi connectivity index (χ1n) is 8.64. The Bertz CT molecular complexity index is 812. The van der Waals surface area contributed by atoms with Gasteiger partial charge in [0.15, 0.2) is 0 Å². The Kier molecular flexibility index (Phi) is 5.65. The lowest BCUT2D eigenvalue weighted by atomic mass is 10.2. The summed E-state index contributed by atoms with van der Waals surface area (Å²) in [6, 6.07) is 10.4. The minimum absolute atomic E-state index is 0.149. The molecule has 0 aliphatic carbocycles. The van der Waals surface area contributed by atoms with Gasteiger partial charge in [-0.3, -0.25) is 14.4 Å². The molecule has 2 aromatic rings. The second-order valence-corrected chi connectivity index (χ2v) is 6.24. The first kappa shape index (κ1) is 18.4. The fraction of sp³-hybridized carbons (Fsp3) is 0.263. The Hall–Kier alpha value is -3.42. The van der Waals surface area contributed by atoms with Gasteiger partial charge in [0, 0.05) is 44.5 Å². The number of benzene rings is 1. The molecule has 8 nitrogen and oxygen atoms in total. The average molecular weight is 367 g/mol. The maximum atomic E-state index is 12.3. The van der Waals surface area contributed by atoms with E-state index in [0.29, 0.717) is 30.2 Å². The van der Waals surface area contributed by atoms with Gasteiger partial charge < -0.3 is 20.4 Å². The van der Waals surface area contributed by atoms with Gasteiger partial charge in [0.25, 0.3) is 5.91 Å². The van der Waals surface area contributed by atoms with Crippen LogP contribution < -0.4 is 15.5 Å². The normalized spacial score (nSPS) is 13.8. The third-order valence-electron chi connectivity index (χ3n) is 4.27. The van der Waals surface area contributed by atoms with Crippen LogP contribution in [-0.4, -0.2) is 54.3 Å². The smallest absolute Gasteiger partial charge is 0.274 e. The van der Waals surface area contributed by atoms with Gasteiger partial charge >= 0.3 is 0 Å². The predicted molar refractivity (Wildman–Crippen MR) is 103 cm³/mol. The number of aromatic nitrogens is 1. The fourth-order valence-electron chi connectivity index (χ4n) is 2.83. The van der Waals surface area contributed by atoms with Gasteiger partial charge in [0.05, 0.1) is 11.9 Å². The van der Waals surface area contributed by atoms with Crippen molar-refractivity contribution in [2.75, 3.05) is 41.7 Å². The Morgan fingerprint density at radius 2 is 1.59 bits per heavy atom. The van der Waals surface area contributed by atoms with Crippen molar-refractivity contribution in [3.63, 3.8) is 0 Å². The molecule has 8 heteroatoms. The number of carbonyl (C=O) groups is 3. The summed E-state index contributed by atoms with van der Waals surface area (Å²) >= 11 is 0. The van der Waals surface area contributed by atoms with E-state index in [1.807, 2.05) is 6.07 Å². The molecule has 0 atom stereocenters. The summed E-state index contributed by atoms with van der Waals surface area (Å²) in [6.45, 7) is 4.28. The summed E-state index contributed by atoms with van der Waals surface area (Å²) in [6.07, 6.45) is 2.54. The van der Waals surface area contributed by atoms with Gasteiger partial charge in [-0.1, -0.05) is 0 Å². The third kappa shape index (κ3) is 4.81. The zero-order valence-corrected chi connectivity index (χ0v) is 15.0. The number of anilines is 3. The Morgan fingerprint density at radius 3 is 2.11 bits per heavy atom. The van der Waals surface area contributed by atoms with Gasteiger partial charge in [0.1, 0.15) is 5.69 Å². The number of amides is 3. The van der Waals surface area contributed by atoms with Crippen LogP contribution in [0.4, 0.5) is 17.1 Å². The van der Waals surface area contributed by atoms with E-state index in [-0.39, 0.29) is 11.8 Å². The van der Waals surface area contributed by atoms with Crippen molar-refractivity contribution in [1.29, 1.82) is 0 Å². The largest absolute Gasteiger partial charge is 0.367 e. The monoisotopic (exact) mass is 367 g/mol. The van der Waals surface area contributed by atoms with Crippen molar-refractivity contribution in [3.05, 3.63) is 48.3 Å². The van der Waals surface area contributed by atoms with Gasteiger partial charge in [-0.25, -0.2) is 4.98 Å². The molecule has 1 fully saturated rings. The second kappa shape index (κ2) is 8.31. The predicted octanol–water partition coefficient (Wildman–Crippen LogP) is 1.57. The second-order valence-electron chi connectivity index (χ2n) is 6.24. The SMILES string of the molecule is CC(=O)Nc1ccc(NC(=O)c2ccc(N3CCN(C=O)CC3)cn2)cc1. The minimum Gasteiger partial charge on any atom is -0.367 e. The van der Waals surface area contributed by atoms with E-state index in [1.54, 1.807) is 41.4 Å². The van der Waals surface area contributed by atoms with Crippen LogP contribution in [-0.2, 0) is 9.59 Å². The van der Waals surface area contributed by atoms with Crippen molar-refractivity contribution < 1.29 is 14.4 Å². The highest BCUT2D eigenvalue weighted by atomic mass is 16.2. The first-order chi connectivity index (χ1) is 13.0. The molecule has 1 saturated heterocycles. The van der Waals surface area contributed by atoms with Crippen molar-refractivity contribution in [3.8, 4) is 0 Å². The summed E-state index contributed by atoms with van der Waals surface area (Å²) in [5.41, 5.74) is 2.52. The molecule has 0 radical (unpaired) electrons. The molecule has 1 aromatic carbocycles. The van der Waals surface area contributed by atoms with E-state index >= 15 is 0 Å². The Balaban J connectivity index is 1.59. The lowest BCUT2D eigenvalue weighted by molar-refractivity contribution is -0.118. The molecule has 0 bridgehead atoms. The topological polar surface area (TPSA) is 94.6 Å². The number of pyridine rings is 1. The van der Waals surface area contributed by atoms with Crippen LogP contribution in [0.3, 0.4) is 0 Å². The maximum absolute atomic E-state index is 12.3. The van der Waals surface area contributed by atoms with E-state index in [4.69, 9.17) is 0 Å². The van der Waals surface area contributed by atoms with E-state index in [2.05, 4.69) is 20.5 Å². The highest BCUT2D eigenvalue weighted by molar-refractivity contribution is 6.03. The molecule has 1 aliphatic rings. The van der Waals surface area contributed by atoms with Crippen LogP contribution >= 0.6 is 0 Å². The molecule has 0 spiro atoms. The van der Waals surface area contributed by atoms with Crippen LogP contribution in [0.15, 0.2) is 42.6 Å². The third-order valence-corrected chi connectivity index (χ3v) is 4.27. The molecule has 0 saturated carbocycles. The number of rotatable bonds is 5. The number of nitrogens with zero attached hydrogens (tertiary/aromatic N) is 3. The molecule has 140 valence electrons. The average Bonchev–Trinajstić information content (AvgIpc) is 2.69. The van der Waals surface area contributed by atoms with E-state index in [1.165, 1.54) is 6.92 Å². The summed E-state index contributed by atoms with van der Waals surface area (Å²) in [5.74, 6) is -0.455. The highest BCUT2D eigenvalue weighted by Gasteiger charge is 2.16. The summed E-state index contributed by atoms with van der Waals surface area (Å²) < 4.78 is 0. The van der Waals surface area contributed by atoms with Gasteiger partial charge in [-0.05, 0) is 36.4 Å². The summed E-state index contributed by atoms with van der Waals surface area (Å²) in [4.78, 5) is 42.3. The molecule has 0 unspecified atom stereocenters. The number of carbonyl (C=O) groups excluding carboxylic acids is 3. The maximum Gasteiger partial charge on any atom is 0.274 e. The number of nitrogens with one attached hydrogen (secondary N) is 2. The molecule has 27 heavy (non-hydrogen) atoms.